The molecule has 118 valence electrons. The van der Waals surface area contributed by atoms with Gasteiger partial charge in [0.1, 0.15) is 0 Å². The molecule has 0 amide bonds. The highest BCUT2D eigenvalue weighted by Gasteiger charge is 2.37. The van der Waals surface area contributed by atoms with Crippen molar-refractivity contribution in [2.75, 3.05) is 20.6 Å². The Morgan fingerprint density at radius 2 is 2.19 bits per heavy atom. The first-order valence-corrected chi connectivity index (χ1v) is 9.46. The zero-order valence-corrected chi connectivity index (χ0v) is 14.6. The average Bonchev–Trinajstić information content (AvgIpc) is 2.94. The predicted octanol–water partition coefficient (Wildman–Crippen LogP) is 4.23. The molecule has 3 rings (SSSR count). The highest BCUT2D eigenvalue weighted by Crippen LogP contribution is 2.37. The number of nitrogens with one attached hydrogen (secondary N) is 1. The van der Waals surface area contributed by atoms with Gasteiger partial charge in [-0.3, -0.25) is 0 Å². The summed E-state index contributed by atoms with van der Waals surface area (Å²) in [4.78, 5) is 4.11. The second-order valence-corrected chi connectivity index (χ2v) is 8.45. The molecule has 0 spiro atoms. The van der Waals surface area contributed by atoms with Gasteiger partial charge in [-0.1, -0.05) is 19.8 Å². The first-order valence-electron chi connectivity index (χ1n) is 8.58. The van der Waals surface area contributed by atoms with Crippen LogP contribution >= 0.6 is 11.3 Å². The van der Waals surface area contributed by atoms with Crippen LogP contribution in [0.2, 0.25) is 0 Å². The van der Waals surface area contributed by atoms with Crippen molar-refractivity contribution in [2.45, 2.75) is 63.5 Å². The molecule has 0 aromatic carbocycles. The second kappa shape index (κ2) is 6.39. The molecule has 0 aliphatic heterocycles. The summed E-state index contributed by atoms with van der Waals surface area (Å²) in [6, 6.07) is 2.94. The van der Waals surface area contributed by atoms with Crippen LogP contribution in [0, 0.1) is 5.92 Å². The van der Waals surface area contributed by atoms with E-state index in [1.54, 1.807) is 10.4 Å². The Labute approximate surface area is 133 Å². The summed E-state index contributed by atoms with van der Waals surface area (Å²) < 4.78 is 0. The van der Waals surface area contributed by atoms with Crippen molar-refractivity contribution >= 4 is 11.3 Å². The Morgan fingerprint density at radius 3 is 2.95 bits per heavy atom. The van der Waals surface area contributed by atoms with Gasteiger partial charge in [0.25, 0.3) is 0 Å². The molecule has 1 aromatic rings. The molecule has 1 heterocycles. The van der Waals surface area contributed by atoms with Gasteiger partial charge in [-0.05, 0) is 69.1 Å². The van der Waals surface area contributed by atoms with Crippen LogP contribution in [0.1, 0.15) is 61.9 Å². The van der Waals surface area contributed by atoms with Crippen LogP contribution in [0.5, 0.6) is 0 Å². The Kier molecular flexibility index (Phi) is 4.72. The van der Waals surface area contributed by atoms with Crippen molar-refractivity contribution in [3.8, 4) is 0 Å². The Morgan fingerprint density at radius 1 is 1.33 bits per heavy atom. The Bertz CT molecular complexity index is 468. The molecule has 0 radical (unpaired) electrons. The topological polar surface area (TPSA) is 15.3 Å². The van der Waals surface area contributed by atoms with Crippen LogP contribution in [-0.4, -0.2) is 31.1 Å². The average molecular weight is 307 g/mol. The third-order valence-electron chi connectivity index (χ3n) is 5.75. The molecule has 1 aromatic heterocycles. The van der Waals surface area contributed by atoms with E-state index in [0.717, 1.165) is 12.5 Å². The Balaban J connectivity index is 1.68. The number of thiophene rings is 1. The largest absolute Gasteiger partial charge is 0.308 e. The summed E-state index contributed by atoms with van der Waals surface area (Å²) in [6.45, 7) is 3.57. The van der Waals surface area contributed by atoms with Crippen molar-refractivity contribution < 1.29 is 0 Å². The van der Waals surface area contributed by atoms with Crippen LogP contribution in [0.4, 0.5) is 0 Å². The standard InChI is InChI=1S/C18H30N2S/c1-14-6-5-10-18(12-14,20(2)3)13-19-16-7-4-8-17-15(16)9-11-21-17/h9,11,14,16,19H,4-8,10,12-13H2,1-3H3. The van der Waals surface area contributed by atoms with Gasteiger partial charge in [-0.25, -0.2) is 0 Å². The van der Waals surface area contributed by atoms with Crippen molar-refractivity contribution in [3.05, 3.63) is 21.9 Å². The fraction of sp³-hybridized carbons (Fsp3) is 0.778. The molecular weight excluding hydrogens is 276 g/mol. The molecule has 3 heteroatoms. The van der Waals surface area contributed by atoms with Crippen LogP contribution in [0.3, 0.4) is 0 Å². The van der Waals surface area contributed by atoms with Gasteiger partial charge in [0.2, 0.25) is 0 Å². The molecule has 2 nitrogen and oxygen atoms in total. The second-order valence-electron chi connectivity index (χ2n) is 7.45. The minimum Gasteiger partial charge on any atom is -0.308 e. The molecule has 1 saturated carbocycles. The summed E-state index contributed by atoms with van der Waals surface area (Å²) in [7, 11) is 4.55. The van der Waals surface area contributed by atoms with Gasteiger partial charge in [0.05, 0.1) is 0 Å². The van der Waals surface area contributed by atoms with Gasteiger partial charge in [0, 0.05) is 23.0 Å². The highest BCUT2D eigenvalue weighted by molar-refractivity contribution is 7.10. The molecule has 0 bridgehead atoms. The fourth-order valence-corrected chi connectivity index (χ4v) is 5.36. The molecule has 0 saturated heterocycles. The van der Waals surface area contributed by atoms with Crippen LogP contribution in [0.15, 0.2) is 11.4 Å². The minimum absolute atomic E-state index is 0.366. The smallest absolute Gasteiger partial charge is 0.0332 e. The summed E-state index contributed by atoms with van der Waals surface area (Å²) in [6.07, 6.45) is 9.43. The molecule has 1 N–H and O–H groups in total. The van der Waals surface area contributed by atoms with E-state index in [4.69, 9.17) is 0 Å². The molecular formula is C18H30N2S. The van der Waals surface area contributed by atoms with E-state index in [2.05, 4.69) is 42.7 Å². The van der Waals surface area contributed by atoms with Crippen molar-refractivity contribution in [2.24, 2.45) is 5.92 Å². The molecule has 3 unspecified atom stereocenters. The number of likely N-dealkylation sites (N-methyl/N-ethyl adjacent to an activating group) is 1. The molecule has 3 atom stereocenters. The van der Waals surface area contributed by atoms with Crippen molar-refractivity contribution in [1.82, 2.24) is 10.2 Å². The van der Waals surface area contributed by atoms with Gasteiger partial charge in [-0.15, -0.1) is 11.3 Å². The normalized spacial score (nSPS) is 33.1. The third kappa shape index (κ3) is 3.20. The van der Waals surface area contributed by atoms with E-state index in [1.165, 1.54) is 44.9 Å². The van der Waals surface area contributed by atoms with Crippen LogP contribution in [-0.2, 0) is 6.42 Å². The van der Waals surface area contributed by atoms with Gasteiger partial charge < -0.3 is 10.2 Å². The summed E-state index contributed by atoms with van der Waals surface area (Å²) >= 11 is 1.95. The number of hydrogen-bond donors (Lipinski definition) is 1. The van der Waals surface area contributed by atoms with Gasteiger partial charge in [0.15, 0.2) is 0 Å². The van der Waals surface area contributed by atoms with E-state index in [-0.39, 0.29) is 0 Å². The quantitative estimate of drug-likeness (QED) is 0.895. The van der Waals surface area contributed by atoms with E-state index in [0.29, 0.717) is 11.6 Å². The summed E-state index contributed by atoms with van der Waals surface area (Å²) in [5.74, 6) is 0.867. The van der Waals surface area contributed by atoms with Crippen LogP contribution < -0.4 is 5.32 Å². The van der Waals surface area contributed by atoms with Gasteiger partial charge >= 0.3 is 0 Å². The van der Waals surface area contributed by atoms with Gasteiger partial charge in [-0.2, -0.15) is 0 Å². The maximum atomic E-state index is 3.94. The van der Waals surface area contributed by atoms with Crippen LogP contribution in [0.25, 0.3) is 0 Å². The SMILES string of the molecule is CC1CCCC(CNC2CCCc3sccc32)(N(C)C)C1. The molecule has 2 aliphatic rings. The Hall–Kier alpha value is -0.380. The maximum Gasteiger partial charge on any atom is 0.0332 e. The van der Waals surface area contributed by atoms with E-state index in [9.17, 15) is 0 Å². The van der Waals surface area contributed by atoms with E-state index >= 15 is 0 Å². The lowest BCUT2D eigenvalue weighted by Gasteiger charge is -2.46. The fourth-order valence-electron chi connectivity index (χ4n) is 4.37. The lowest BCUT2D eigenvalue weighted by Crippen LogP contribution is -2.54. The number of aryl methyl sites for hydroxylation is 1. The zero-order chi connectivity index (χ0) is 14.9. The maximum absolute atomic E-state index is 3.94. The van der Waals surface area contributed by atoms with Crippen molar-refractivity contribution in [1.29, 1.82) is 0 Å². The highest BCUT2D eigenvalue weighted by atomic mass is 32.1. The zero-order valence-electron chi connectivity index (χ0n) is 13.8. The summed E-state index contributed by atoms with van der Waals surface area (Å²) in [5.41, 5.74) is 1.95. The summed E-state index contributed by atoms with van der Waals surface area (Å²) in [5, 5.41) is 6.21. The molecule has 2 aliphatic carbocycles. The van der Waals surface area contributed by atoms with Crippen molar-refractivity contribution in [3.63, 3.8) is 0 Å². The molecule has 1 fully saturated rings. The number of rotatable bonds is 4. The lowest BCUT2D eigenvalue weighted by molar-refractivity contribution is 0.0716. The molecule has 21 heavy (non-hydrogen) atoms. The third-order valence-corrected chi connectivity index (χ3v) is 6.74. The number of nitrogens with zero attached hydrogens (tertiary/aromatic N) is 1. The predicted molar refractivity (Wildman–Crippen MR) is 92.1 cm³/mol. The lowest BCUT2D eigenvalue weighted by atomic mass is 9.75. The van der Waals surface area contributed by atoms with E-state index < -0.39 is 0 Å². The van der Waals surface area contributed by atoms with E-state index in [1.807, 2.05) is 11.3 Å². The first-order chi connectivity index (χ1) is 10.1. The minimum atomic E-state index is 0.366. The first kappa shape index (κ1) is 15.5. The number of fused-ring (bicyclic) bond motifs is 1. The number of hydrogen-bond acceptors (Lipinski definition) is 3. The monoisotopic (exact) mass is 306 g/mol.